The molecule has 0 fully saturated rings. The van der Waals surface area contributed by atoms with Gasteiger partial charge in [-0.05, 0) is 12.8 Å². The summed E-state index contributed by atoms with van der Waals surface area (Å²) in [6, 6.07) is 2.38. The van der Waals surface area contributed by atoms with Crippen molar-refractivity contribution in [2.24, 2.45) is 0 Å². The Hall–Kier alpha value is -1.70. The molecule has 0 bridgehead atoms. The second kappa shape index (κ2) is 4.88. The summed E-state index contributed by atoms with van der Waals surface area (Å²) >= 11 is 0. The molecule has 0 radical (unpaired) electrons. The Bertz CT molecular complexity index is 395. The summed E-state index contributed by atoms with van der Waals surface area (Å²) in [6.45, 7) is 4.19. The lowest BCUT2D eigenvalue weighted by molar-refractivity contribution is 0.435. The van der Waals surface area contributed by atoms with E-state index in [0.29, 0.717) is 17.2 Å². The molecule has 2 N–H and O–H groups in total. The molecule has 5 nitrogen and oxygen atoms in total. The minimum absolute atomic E-state index is 0.265. The van der Waals surface area contributed by atoms with E-state index in [1.54, 1.807) is 4.68 Å². The summed E-state index contributed by atoms with van der Waals surface area (Å²) < 4.78 is 1.77. The number of aromatic nitrogens is 2. The van der Waals surface area contributed by atoms with Gasteiger partial charge in [0.25, 0.3) is 0 Å². The second-order valence-electron chi connectivity index (χ2n) is 4.00. The predicted molar refractivity (Wildman–Crippen MR) is 65.3 cm³/mol. The zero-order valence-electron chi connectivity index (χ0n) is 10.4. The largest absolute Gasteiger partial charge is 0.383 e. The van der Waals surface area contributed by atoms with Crippen LogP contribution >= 0.6 is 0 Å². The molecule has 0 saturated heterocycles. The Balaban J connectivity index is 3.28. The lowest BCUT2D eigenvalue weighted by Crippen LogP contribution is -2.13. The highest BCUT2D eigenvalue weighted by molar-refractivity contribution is 5.64. The average molecular weight is 221 g/mol. The first-order chi connectivity index (χ1) is 7.56. The Morgan fingerprint density at radius 3 is 2.31 bits per heavy atom. The summed E-state index contributed by atoms with van der Waals surface area (Å²) in [5, 5.41) is 13.5. The summed E-state index contributed by atoms with van der Waals surface area (Å²) in [5.74, 6) is 1.12. The highest BCUT2D eigenvalue weighted by atomic mass is 15.4. The highest BCUT2D eigenvalue weighted by Gasteiger charge is 2.20. The minimum atomic E-state index is 0.265. The van der Waals surface area contributed by atoms with Gasteiger partial charge in [-0.15, -0.1) is 0 Å². The molecule has 0 aliphatic carbocycles. The topological polar surface area (TPSA) is 70.9 Å². The van der Waals surface area contributed by atoms with Crippen LogP contribution in [0.15, 0.2) is 0 Å². The Labute approximate surface area is 96.5 Å². The maximum atomic E-state index is 9.08. The zero-order chi connectivity index (χ0) is 12.3. The van der Waals surface area contributed by atoms with Crippen molar-refractivity contribution >= 4 is 11.6 Å². The van der Waals surface area contributed by atoms with Crippen LogP contribution in [0.1, 0.15) is 38.3 Å². The lowest BCUT2D eigenvalue weighted by atomic mass is 10.2. The molecule has 0 amide bonds. The maximum Gasteiger partial charge on any atom is 0.170 e. The van der Waals surface area contributed by atoms with Gasteiger partial charge in [0, 0.05) is 14.1 Å². The Morgan fingerprint density at radius 2 is 2.00 bits per heavy atom. The van der Waals surface area contributed by atoms with E-state index in [1.807, 2.05) is 19.0 Å². The minimum Gasteiger partial charge on any atom is -0.383 e. The van der Waals surface area contributed by atoms with Gasteiger partial charge in [0.05, 0.1) is 6.04 Å². The number of anilines is 2. The molecule has 1 aromatic heterocycles. The van der Waals surface area contributed by atoms with Crippen molar-refractivity contribution in [3.63, 3.8) is 0 Å². The molecule has 88 valence electrons. The van der Waals surface area contributed by atoms with E-state index in [1.165, 1.54) is 0 Å². The van der Waals surface area contributed by atoms with E-state index in [-0.39, 0.29) is 6.04 Å². The van der Waals surface area contributed by atoms with Crippen molar-refractivity contribution in [2.45, 2.75) is 32.7 Å². The van der Waals surface area contributed by atoms with Gasteiger partial charge in [-0.25, -0.2) is 4.68 Å². The van der Waals surface area contributed by atoms with Crippen molar-refractivity contribution in [3.8, 4) is 6.07 Å². The first kappa shape index (κ1) is 12.4. The molecule has 1 heterocycles. The first-order valence-electron chi connectivity index (χ1n) is 5.52. The summed E-state index contributed by atoms with van der Waals surface area (Å²) in [4.78, 5) is 1.81. The molecule has 0 atom stereocenters. The molecule has 0 aromatic carbocycles. The summed E-state index contributed by atoms with van der Waals surface area (Å²) in [6.07, 6.45) is 1.92. The maximum absolute atomic E-state index is 9.08. The smallest absolute Gasteiger partial charge is 0.170 e. The van der Waals surface area contributed by atoms with Gasteiger partial charge < -0.3 is 10.6 Å². The van der Waals surface area contributed by atoms with Gasteiger partial charge >= 0.3 is 0 Å². The average Bonchev–Trinajstić information content (AvgIpc) is 2.58. The normalized spacial score (nSPS) is 10.5. The third-order valence-corrected chi connectivity index (χ3v) is 2.75. The molecular weight excluding hydrogens is 202 g/mol. The molecule has 1 rings (SSSR count). The van der Waals surface area contributed by atoms with E-state index in [9.17, 15) is 0 Å². The van der Waals surface area contributed by atoms with Crippen molar-refractivity contribution in [1.82, 2.24) is 9.78 Å². The number of nitrogen functional groups attached to an aromatic ring is 1. The molecule has 1 aromatic rings. The van der Waals surface area contributed by atoms with Crippen molar-refractivity contribution in [2.75, 3.05) is 24.7 Å². The van der Waals surface area contributed by atoms with Gasteiger partial charge in [-0.2, -0.15) is 10.4 Å². The number of nitriles is 1. The van der Waals surface area contributed by atoms with Gasteiger partial charge in [0.1, 0.15) is 17.5 Å². The Morgan fingerprint density at radius 1 is 1.44 bits per heavy atom. The number of nitrogens with zero attached hydrogens (tertiary/aromatic N) is 4. The number of hydrogen-bond acceptors (Lipinski definition) is 4. The number of nitrogens with two attached hydrogens (primary N) is 1. The monoisotopic (exact) mass is 221 g/mol. The molecule has 0 aliphatic rings. The molecule has 5 heteroatoms. The molecule has 0 spiro atoms. The number of hydrogen-bond donors (Lipinski definition) is 1. The third kappa shape index (κ3) is 1.96. The van der Waals surface area contributed by atoms with E-state index >= 15 is 0 Å². The zero-order valence-corrected chi connectivity index (χ0v) is 10.4. The van der Waals surface area contributed by atoms with Crippen LogP contribution < -0.4 is 10.6 Å². The van der Waals surface area contributed by atoms with Crippen LogP contribution in [0.3, 0.4) is 0 Å². The van der Waals surface area contributed by atoms with Crippen molar-refractivity contribution < 1.29 is 0 Å². The van der Waals surface area contributed by atoms with Crippen LogP contribution in [-0.4, -0.2) is 23.9 Å². The van der Waals surface area contributed by atoms with Crippen molar-refractivity contribution in [3.05, 3.63) is 5.56 Å². The van der Waals surface area contributed by atoms with E-state index in [4.69, 9.17) is 11.0 Å². The molecule has 0 aliphatic heterocycles. The van der Waals surface area contributed by atoms with Crippen LogP contribution in [0, 0.1) is 11.3 Å². The molecular formula is C11H19N5. The summed E-state index contributed by atoms with van der Waals surface area (Å²) in [7, 11) is 3.72. The van der Waals surface area contributed by atoms with Crippen LogP contribution in [0.2, 0.25) is 0 Å². The first-order valence-corrected chi connectivity index (χ1v) is 5.52. The SMILES string of the molecule is CCC(CC)n1nc(N(C)C)c(C#N)c1N. The number of rotatable bonds is 4. The van der Waals surface area contributed by atoms with Gasteiger partial charge in [0.15, 0.2) is 5.82 Å². The van der Waals surface area contributed by atoms with Gasteiger partial charge in [0.2, 0.25) is 0 Å². The third-order valence-electron chi connectivity index (χ3n) is 2.75. The molecule has 0 saturated carbocycles. The molecule has 0 unspecified atom stereocenters. The van der Waals surface area contributed by atoms with E-state index in [2.05, 4.69) is 25.0 Å². The second-order valence-corrected chi connectivity index (χ2v) is 4.00. The standard InChI is InChI=1S/C11H19N5/c1-5-8(6-2)16-10(13)9(7-12)11(14-16)15(3)4/h8H,5-6,13H2,1-4H3. The Kier molecular flexibility index (Phi) is 3.78. The summed E-state index contributed by atoms with van der Waals surface area (Å²) in [5.41, 5.74) is 6.43. The van der Waals surface area contributed by atoms with Gasteiger partial charge in [-0.3, -0.25) is 0 Å². The predicted octanol–water partition coefficient (Wildman–Crippen LogP) is 1.76. The van der Waals surface area contributed by atoms with E-state index in [0.717, 1.165) is 12.8 Å². The van der Waals surface area contributed by atoms with Gasteiger partial charge in [-0.1, -0.05) is 13.8 Å². The van der Waals surface area contributed by atoms with Crippen LogP contribution in [0.4, 0.5) is 11.6 Å². The lowest BCUT2D eigenvalue weighted by Gasteiger charge is -2.14. The molecule has 16 heavy (non-hydrogen) atoms. The quantitative estimate of drug-likeness (QED) is 0.841. The highest BCUT2D eigenvalue weighted by Crippen LogP contribution is 2.28. The van der Waals surface area contributed by atoms with E-state index < -0.39 is 0 Å². The fourth-order valence-corrected chi connectivity index (χ4v) is 1.77. The van der Waals surface area contributed by atoms with Crippen LogP contribution in [-0.2, 0) is 0 Å². The fourth-order valence-electron chi connectivity index (χ4n) is 1.77. The van der Waals surface area contributed by atoms with Crippen LogP contribution in [0.5, 0.6) is 0 Å². The van der Waals surface area contributed by atoms with Crippen molar-refractivity contribution in [1.29, 1.82) is 5.26 Å². The van der Waals surface area contributed by atoms with Crippen LogP contribution in [0.25, 0.3) is 0 Å². The fraction of sp³-hybridized carbons (Fsp3) is 0.636.